The summed E-state index contributed by atoms with van der Waals surface area (Å²) >= 11 is 0. The lowest BCUT2D eigenvalue weighted by atomic mass is 10.0. The van der Waals surface area contributed by atoms with Crippen molar-refractivity contribution in [1.29, 1.82) is 0 Å². The number of aromatic nitrogens is 4. The van der Waals surface area contributed by atoms with Gasteiger partial charge in [-0.25, -0.2) is 14.2 Å². The fourth-order valence-electron chi connectivity index (χ4n) is 3.99. The number of rotatable bonds is 4. The quantitative estimate of drug-likeness (QED) is 0.306. The van der Waals surface area contributed by atoms with Crippen LogP contribution < -0.4 is 21.5 Å². The Morgan fingerprint density at radius 2 is 1.68 bits per heavy atom. The van der Waals surface area contributed by atoms with Gasteiger partial charge in [0.2, 0.25) is 0 Å². The molecule has 0 aliphatic carbocycles. The number of fused-ring (bicyclic) bond motifs is 1. The number of hydrogen-bond acceptors (Lipinski definition) is 5. The number of amides is 2. The van der Waals surface area contributed by atoms with Crippen molar-refractivity contribution in [3.05, 3.63) is 64.6 Å². The zero-order valence-electron chi connectivity index (χ0n) is 21.2. The van der Waals surface area contributed by atoms with Crippen molar-refractivity contribution in [1.82, 2.24) is 19.3 Å². The van der Waals surface area contributed by atoms with Crippen LogP contribution in [0.1, 0.15) is 26.5 Å². The number of nitrogens with one attached hydrogen (secondary N) is 3. The minimum Gasteiger partial charge on any atom is -0.373 e. The normalized spacial score (nSPS) is 12.0. The molecule has 0 atom stereocenters. The van der Waals surface area contributed by atoms with Gasteiger partial charge in [-0.15, -0.1) is 0 Å². The number of halogens is 4. The van der Waals surface area contributed by atoms with E-state index in [1.165, 1.54) is 37.5 Å². The van der Waals surface area contributed by atoms with E-state index in [0.29, 0.717) is 22.3 Å². The van der Waals surface area contributed by atoms with Crippen molar-refractivity contribution >= 4 is 34.1 Å². The maximum atomic E-state index is 14.6. The van der Waals surface area contributed by atoms with Crippen molar-refractivity contribution in [2.24, 2.45) is 7.05 Å². The van der Waals surface area contributed by atoms with E-state index in [-0.39, 0.29) is 16.8 Å². The number of alkyl halides is 3. The van der Waals surface area contributed by atoms with Gasteiger partial charge in [0.15, 0.2) is 5.69 Å². The maximum Gasteiger partial charge on any atom is 0.435 e. The van der Waals surface area contributed by atoms with E-state index in [4.69, 9.17) is 0 Å². The van der Waals surface area contributed by atoms with Gasteiger partial charge in [0, 0.05) is 37.3 Å². The molecule has 0 radical (unpaired) electrons. The lowest BCUT2D eigenvalue weighted by Crippen LogP contribution is -2.30. The summed E-state index contributed by atoms with van der Waals surface area (Å²) in [5.74, 6) is -0.274. The van der Waals surface area contributed by atoms with Gasteiger partial charge in [-0.3, -0.25) is 9.48 Å². The van der Waals surface area contributed by atoms with E-state index in [9.17, 15) is 27.2 Å². The van der Waals surface area contributed by atoms with Gasteiger partial charge in [-0.1, -0.05) is 6.07 Å². The Balaban J connectivity index is 1.67. The molecule has 4 aromatic rings. The van der Waals surface area contributed by atoms with Gasteiger partial charge < -0.3 is 20.5 Å². The molecule has 0 saturated carbocycles. The summed E-state index contributed by atoms with van der Waals surface area (Å²) in [6, 6.07) is 5.84. The highest BCUT2D eigenvalue weighted by Gasteiger charge is 2.41. The van der Waals surface area contributed by atoms with Crippen LogP contribution in [0.5, 0.6) is 0 Å². The summed E-state index contributed by atoms with van der Waals surface area (Å²) in [7, 11) is 3.28. The Bertz CT molecular complexity index is 1600. The van der Waals surface area contributed by atoms with Crippen LogP contribution >= 0.6 is 0 Å². The predicted molar refractivity (Wildman–Crippen MR) is 137 cm³/mol. The number of carbonyl (C=O) groups excluding carboxylic acids is 1. The highest BCUT2D eigenvalue weighted by molar-refractivity contribution is 6.00. The Morgan fingerprint density at radius 3 is 2.32 bits per heavy atom. The first-order valence-electron chi connectivity index (χ1n) is 11.4. The fraction of sp³-hybridized carbons (Fsp3) is 0.280. The Labute approximate surface area is 214 Å². The van der Waals surface area contributed by atoms with Gasteiger partial charge in [0.25, 0.3) is 5.56 Å². The molecule has 0 aliphatic heterocycles. The van der Waals surface area contributed by atoms with E-state index < -0.39 is 34.9 Å². The second-order valence-electron chi connectivity index (χ2n) is 9.56. The molecule has 0 fully saturated rings. The van der Waals surface area contributed by atoms with Crippen LogP contribution in [0.4, 0.5) is 39.5 Å². The van der Waals surface area contributed by atoms with Gasteiger partial charge >= 0.3 is 12.2 Å². The van der Waals surface area contributed by atoms with Crippen LogP contribution in [0.2, 0.25) is 0 Å². The molecule has 2 amide bonds. The number of benzene rings is 1. The molecule has 0 unspecified atom stereocenters. The van der Waals surface area contributed by atoms with Crippen LogP contribution in [-0.4, -0.2) is 32.4 Å². The standard InChI is InChI=1S/C25H25F4N7O2/c1-24(2,3)36-21(25(27,28)29)18(12-32-36)34-23(38)33-17-9-13(6-7-16(17)26)15-8-14-11-31-20(30-4)10-19(14)35(5)22(15)37/h6-12H,1-5H3,(H,30,31)(H2,33,34,38). The molecule has 3 aromatic heterocycles. The van der Waals surface area contributed by atoms with Gasteiger partial charge in [0.1, 0.15) is 11.6 Å². The zero-order chi connectivity index (χ0) is 28.0. The highest BCUT2D eigenvalue weighted by atomic mass is 19.4. The second kappa shape index (κ2) is 9.47. The van der Waals surface area contributed by atoms with Gasteiger partial charge in [-0.05, 0) is 44.5 Å². The largest absolute Gasteiger partial charge is 0.435 e. The summed E-state index contributed by atoms with van der Waals surface area (Å²) < 4.78 is 58.0. The molecule has 200 valence electrons. The topological polar surface area (TPSA) is 106 Å². The van der Waals surface area contributed by atoms with Crippen molar-refractivity contribution in [3.63, 3.8) is 0 Å². The molecule has 4 rings (SSSR count). The summed E-state index contributed by atoms with van der Waals surface area (Å²) in [5.41, 5.74) is -2.33. The van der Waals surface area contributed by atoms with Crippen molar-refractivity contribution in [2.45, 2.75) is 32.5 Å². The van der Waals surface area contributed by atoms with Crippen LogP contribution in [0, 0.1) is 5.82 Å². The van der Waals surface area contributed by atoms with E-state index in [1.807, 2.05) is 0 Å². The predicted octanol–water partition coefficient (Wildman–Crippen LogP) is 5.40. The highest BCUT2D eigenvalue weighted by Crippen LogP contribution is 2.37. The van der Waals surface area contributed by atoms with E-state index in [0.717, 1.165) is 16.9 Å². The molecule has 3 N–H and O–H groups in total. The first-order chi connectivity index (χ1) is 17.7. The lowest BCUT2D eigenvalue weighted by molar-refractivity contribution is -0.145. The third kappa shape index (κ3) is 5.04. The molecule has 0 aliphatic rings. The smallest absolute Gasteiger partial charge is 0.373 e. The first kappa shape index (κ1) is 26.6. The fourth-order valence-corrected chi connectivity index (χ4v) is 3.99. The zero-order valence-corrected chi connectivity index (χ0v) is 21.2. The summed E-state index contributed by atoms with van der Waals surface area (Å²) in [6.45, 7) is 4.60. The van der Waals surface area contributed by atoms with Crippen LogP contribution in [-0.2, 0) is 18.8 Å². The van der Waals surface area contributed by atoms with Gasteiger partial charge in [0.05, 0.1) is 28.6 Å². The van der Waals surface area contributed by atoms with Crippen LogP contribution in [0.25, 0.3) is 22.0 Å². The number of hydrogen-bond donors (Lipinski definition) is 3. The maximum absolute atomic E-state index is 14.6. The van der Waals surface area contributed by atoms with E-state index in [1.54, 1.807) is 32.4 Å². The molecule has 38 heavy (non-hydrogen) atoms. The third-order valence-electron chi connectivity index (χ3n) is 5.81. The average molecular weight is 532 g/mol. The SMILES string of the molecule is CNc1cc2c(cn1)cc(-c1ccc(F)c(NC(=O)Nc3cnn(C(C)(C)C)c3C(F)(F)F)c1)c(=O)n2C. The summed E-state index contributed by atoms with van der Waals surface area (Å²) in [4.78, 5) is 29.9. The number of pyridine rings is 2. The molecule has 13 heteroatoms. The number of nitrogens with zero attached hydrogens (tertiary/aromatic N) is 4. The molecule has 0 bridgehead atoms. The Kier molecular flexibility index (Phi) is 6.64. The monoisotopic (exact) mass is 531 g/mol. The molecule has 0 spiro atoms. The molecule has 0 saturated heterocycles. The van der Waals surface area contributed by atoms with Crippen molar-refractivity contribution < 1.29 is 22.4 Å². The number of carbonyl (C=O) groups is 1. The first-order valence-corrected chi connectivity index (χ1v) is 11.4. The Morgan fingerprint density at radius 1 is 1.00 bits per heavy atom. The van der Waals surface area contributed by atoms with E-state index >= 15 is 0 Å². The molecule has 9 nitrogen and oxygen atoms in total. The summed E-state index contributed by atoms with van der Waals surface area (Å²) in [6.07, 6.45) is -2.35. The second-order valence-corrected chi connectivity index (χ2v) is 9.56. The number of anilines is 3. The van der Waals surface area contributed by atoms with Crippen LogP contribution in [0.15, 0.2) is 47.5 Å². The third-order valence-corrected chi connectivity index (χ3v) is 5.81. The molecular weight excluding hydrogens is 506 g/mol. The average Bonchev–Trinajstić information content (AvgIpc) is 3.27. The Hall–Kier alpha value is -4.42. The molecule has 1 aromatic carbocycles. The van der Waals surface area contributed by atoms with Gasteiger partial charge in [-0.2, -0.15) is 18.3 Å². The lowest BCUT2D eigenvalue weighted by Gasteiger charge is -2.24. The number of urea groups is 1. The molecular formula is C25H25F4N7O2. The van der Waals surface area contributed by atoms with Crippen molar-refractivity contribution in [3.8, 4) is 11.1 Å². The van der Waals surface area contributed by atoms with E-state index in [2.05, 4.69) is 26.0 Å². The molecule has 3 heterocycles. The minimum atomic E-state index is -4.81. The van der Waals surface area contributed by atoms with Crippen LogP contribution in [0.3, 0.4) is 0 Å². The number of aryl methyl sites for hydroxylation is 1. The minimum absolute atomic E-state index is 0.216. The van der Waals surface area contributed by atoms with Crippen molar-refractivity contribution in [2.75, 3.05) is 23.0 Å². The summed E-state index contributed by atoms with van der Waals surface area (Å²) in [5, 5.41) is 11.6.